The molecule has 3 aromatic heterocycles. The number of benzene rings is 2. The highest BCUT2D eigenvalue weighted by Crippen LogP contribution is 2.35. The van der Waals surface area contributed by atoms with Crippen molar-refractivity contribution in [1.82, 2.24) is 29.8 Å². The van der Waals surface area contributed by atoms with Gasteiger partial charge in [-0.15, -0.1) is 0 Å². The summed E-state index contributed by atoms with van der Waals surface area (Å²) in [4.78, 5) is 19.7. The fourth-order valence-electron chi connectivity index (χ4n) is 5.42. The summed E-state index contributed by atoms with van der Waals surface area (Å²) in [6.07, 6.45) is 3.25. The molecule has 6 rings (SSSR count). The molecule has 2 aromatic carbocycles. The highest BCUT2D eigenvalue weighted by Gasteiger charge is 2.34. The minimum absolute atomic E-state index is 0.0735. The number of hydrogen-bond donors (Lipinski definition) is 4. The molecule has 5 aromatic rings. The number of aromatic amines is 1. The van der Waals surface area contributed by atoms with E-state index >= 15 is 0 Å². The van der Waals surface area contributed by atoms with Gasteiger partial charge in [0.25, 0.3) is 5.91 Å². The maximum absolute atomic E-state index is 14.0. The number of carbonyl (C=O) groups excluding carboxylic acids is 1. The highest BCUT2D eigenvalue weighted by atomic mass is 19.4. The lowest BCUT2D eigenvalue weighted by Gasteiger charge is -2.20. The van der Waals surface area contributed by atoms with Crippen LogP contribution in [0.1, 0.15) is 44.7 Å². The van der Waals surface area contributed by atoms with Gasteiger partial charge in [0.1, 0.15) is 5.69 Å². The molecule has 1 amide bonds. The predicted octanol–water partition coefficient (Wildman–Crippen LogP) is 5.57. The summed E-state index contributed by atoms with van der Waals surface area (Å²) < 4.78 is 44.0. The number of fused-ring (bicyclic) bond motifs is 1. The number of alkyl halides is 3. The van der Waals surface area contributed by atoms with Crippen LogP contribution < -0.4 is 16.0 Å². The number of carbonyl (C=O) groups is 1. The van der Waals surface area contributed by atoms with Gasteiger partial charge in [-0.25, -0.2) is 4.98 Å². The summed E-state index contributed by atoms with van der Waals surface area (Å²) in [5, 5.41) is 15.8. The van der Waals surface area contributed by atoms with Crippen LogP contribution in [0.15, 0.2) is 73.3 Å². The number of rotatable bonds is 7. The first kappa shape index (κ1) is 29.9. The number of imidazole rings is 1. The minimum Gasteiger partial charge on any atom is -0.350 e. The first-order chi connectivity index (χ1) is 21.7. The predicted molar refractivity (Wildman–Crippen MR) is 166 cm³/mol. The molecule has 1 fully saturated rings. The van der Waals surface area contributed by atoms with E-state index in [2.05, 4.69) is 43.0 Å². The first-order valence-electron chi connectivity index (χ1n) is 14.4. The van der Waals surface area contributed by atoms with Crippen molar-refractivity contribution in [2.45, 2.75) is 32.1 Å². The summed E-state index contributed by atoms with van der Waals surface area (Å²) in [6.45, 7) is 3.48. The average Bonchev–Trinajstić information content (AvgIpc) is 3.79. The number of anilines is 3. The van der Waals surface area contributed by atoms with E-state index in [9.17, 15) is 18.0 Å². The molecule has 12 heteroatoms. The van der Waals surface area contributed by atoms with Crippen LogP contribution in [0.4, 0.5) is 30.2 Å². The topological polar surface area (TPSA) is 102 Å². The van der Waals surface area contributed by atoms with Crippen LogP contribution >= 0.6 is 0 Å². The molecule has 1 aliphatic rings. The van der Waals surface area contributed by atoms with E-state index in [1.807, 2.05) is 41.6 Å². The Morgan fingerprint density at radius 2 is 1.98 bits per heavy atom. The third-order valence-corrected chi connectivity index (χ3v) is 7.89. The van der Waals surface area contributed by atoms with E-state index in [0.29, 0.717) is 23.4 Å². The van der Waals surface area contributed by atoms with E-state index < -0.39 is 17.6 Å². The second-order valence-corrected chi connectivity index (χ2v) is 11.0. The van der Waals surface area contributed by atoms with E-state index in [1.54, 1.807) is 36.8 Å². The van der Waals surface area contributed by atoms with Crippen molar-refractivity contribution in [1.29, 1.82) is 0 Å². The van der Waals surface area contributed by atoms with Gasteiger partial charge in [0.05, 0.1) is 29.3 Å². The van der Waals surface area contributed by atoms with Gasteiger partial charge >= 0.3 is 6.18 Å². The molecule has 45 heavy (non-hydrogen) atoms. The Morgan fingerprint density at radius 3 is 2.73 bits per heavy atom. The normalized spacial score (nSPS) is 15.2. The van der Waals surface area contributed by atoms with Gasteiger partial charge in [0, 0.05) is 54.9 Å². The van der Waals surface area contributed by atoms with Crippen LogP contribution in [0.25, 0.3) is 5.65 Å². The third-order valence-electron chi connectivity index (χ3n) is 7.89. The van der Waals surface area contributed by atoms with Crippen molar-refractivity contribution in [2.75, 3.05) is 30.8 Å². The van der Waals surface area contributed by atoms with Crippen LogP contribution in [0.5, 0.6) is 0 Å². The second-order valence-electron chi connectivity index (χ2n) is 11.0. The molecular formula is C33H31F3N8O. The van der Waals surface area contributed by atoms with E-state index in [1.165, 1.54) is 12.1 Å². The highest BCUT2D eigenvalue weighted by molar-refractivity contribution is 6.04. The van der Waals surface area contributed by atoms with E-state index in [-0.39, 0.29) is 29.4 Å². The summed E-state index contributed by atoms with van der Waals surface area (Å²) in [7, 11) is 1.86. The number of pyridine rings is 1. The third kappa shape index (κ3) is 6.69. The largest absolute Gasteiger partial charge is 0.416 e. The Kier molecular flexibility index (Phi) is 8.30. The van der Waals surface area contributed by atoms with Crippen molar-refractivity contribution < 1.29 is 18.0 Å². The Balaban J connectivity index is 1.20. The van der Waals surface area contributed by atoms with Gasteiger partial charge in [-0.1, -0.05) is 18.1 Å². The van der Waals surface area contributed by atoms with Gasteiger partial charge in [0.2, 0.25) is 0 Å². The molecule has 1 unspecified atom stereocenters. The lowest BCUT2D eigenvalue weighted by atomic mass is 10.0. The Hall–Kier alpha value is -5.12. The molecule has 4 heterocycles. The maximum Gasteiger partial charge on any atom is 0.416 e. The first-order valence-corrected chi connectivity index (χ1v) is 14.4. The molecular weight excluding hydrogens is 581 g/mol. The summed E-state index contributed by atoms with van der Waals surface area (Å²) in [5.41, 5.74) is 4.14. The molecule has 0 spiro atoms. The fraction of sp³-hybridized carbons (Fsp3) is 0.242. The molecule has 0 aliphatic carbocycles. The molecule has 0 radical (unpaired) electrons. The van der Waals surface area contributed by atoms with Crippen LogP contribution in [0, 0.1) is 18.8 Å². The maximum atomic E-state index is 14.0. The van der Waals surface area contributed by atoms with Crippen LogP contribution in [-0.4, -0.2) is 56.6 Å². The number of aromatic nitrogens is 4. The minimum atomic E-state index is -4.56. The quantitative estimate of drug-likeness (QED) is 0.179. The zero-order valence-corrected chi connectivity index (χ0v) is 24.7. The van der Waals surface area contributed by atoms with Gasteiger partial charge in [-0.05, 0) is 73.8 Å². The van der Waals surface area contributed by atoms with Crippen LogP contribution in [0.2, 0.25) is 0 Å². The lowest BCUT2D eigenvalue weighted by Crippen LogP contribution is -2.29. The molecule has 1 aliphatic heterocycles. The van der Waals surface area contributed by atoms with Crippen molar-refractivity contribution in [2.24, 2.45) is 0 Å². The van der Waals surface area contributed by atoms with E-state index in [0.717, 1.165) is 36.0 Å². The van der Waals surface area contributed by atoms with Crippen molar-refractivity contribution in [3.05, 3.63) is 107 Å². The molecule has 0 bridgehead atoms. The number of aryl methyl sites for hydroxylation is 1. The standard InChI is InChI=1S/C33H31F3N8O/c1-21-5-6-23(14-22(21)8-10-28-18-38-31-30(4-3-12-44(28)31)41-27-16-39-40-17-27)32(45)42-25-9-7-24(29(15-25)33(34,35)36)19-43-13-11-26(20-43)37-2/h3-7,9,12,14-18,26,37,41H,11,13,19-20H2,1-2H3,(H,39,40)(H,42,45). The van der Waals surface area contributed by atoms with Gasteiger partial charge in [-0.3, -0.25) is 19.2 Å². The van der Waals surface area contributed by atoms with E-state index in [4.69, 9.17) is 0 Å². The SMILES string of the molecule is CNC1CCN(Cc2ccc(NC(=O)c3ccc(C)c(C#Cc4cnc5c(Nc6cn[nH]c6)cccn45)c3)cc2C(F)(F)F)C1. The van der Waals surface area contributed by atoms with Crippen LogP contribution in [0.3, 0.4) is 0 Å². The fourth-order valence-corrected chi connectivity index (χ4v) is 5.42. The van der Waals surface area contributed by atoms with Gasteiger partial charge in [0.15, 0.2) is 5.65 Å². The molecule has 1 atom stereocenters. The monoisotopic (exact) mass is 612 g/mol. The summed E-state index contributed by atoms with van der Waals surface area (Å²) >= 11 is 0. The zero-order chi connectivity index (χ0) is 31.6. The Morgan fingerprint density at radius 1 is 1.11 bits per heavy atom. The summed E-state index contributed by atoms with van der Waals surface area (Å²) in [6, 6.07) is 13.0. The number of nitrogens with zero attached hydrogens (tertiary/aromatic N) is 4. The number of amides is 1. The number of H-pyrrole nitrogens is 1. The smallest absolute Gasteiger partial charge is 0.350 e. The Labute approximate surface area is 257 Å². The second kappa shape index (κ2) is 12.5. The number of nitrogens with one attached hydrogen (secondary N) is 4. The van der Waals surface area contributed by atoms with Crippen molar-refractivity contribution >= 4 is 28.6 Å². The van der Waals surface area contributed by atoms with Gasteiger partial charge < -0.3 is 16.0 Å². The molecule has 0 saturated carbocycles. The van der Waals surface area contributed by atoms with Crippen molar-refractivity contribution in [3.8, 4) is 11.8 Å². The number of hydrogen-bond acceptors (Lipinski definition) is 6. The Bertz CT molecular complexity index is 1900. The average molecular weight is 613 g/mol. The van der Waals surface area contributed by atoms with Crippen molar-refractivity contribution in [3.63, 3.8) is 0 Å². The lowest BCUT2D eigenvalue weighted by molar-refractivity contribution is -0.138. The number of likely N-dealkylation sites (N-methyl/N-ethyl adjacent to an activating group) is 1. The number of halogens is 3. The molecule has 4 N–H and O–H groups in total. The van der Waals surface area contributed by atoms with Crippen LogP contribution in [-0.2, 0) is 12.7 Å². The molecule has 1 saturated heterocycles. The molecule has 230 valence electrons. The van der Waals surface area contributed by atoms with Gasteiger partial charge in [-0.2, -0.15) is 18.3 Å². The summed E-state index contributed by atoms with van der Waals surface area (Å²) in [5.74, 6) is 5.73. The zero-order valence-electron chi connectivity index (χ0n) is 24.7. The number of likely N-dealkylation sites (tertiary alicyclic amines) is 1. The molecule has 9 nitrogen and oxygen atoms in total.